The van der Waals surface area contributed by atoms with Crippen molar-refractivity contribution in [2.45, 2.75) is 32.5 Å². The number of pyridine rings is 1. The van der Waals surface area contributed by atoms with Gasteiger partial charge in [0.15, 0.2) is 18.0 Å². The van der Waals surface area contributed by atoms with Gasteiger partial charge < -0.3 is 14.8 Å². The first-order valence-electron chi connectivity index (χ1n) is 7.94. The maximum atomic E-state index is 12.3. The number of ether oxygens (including phenoxy) is 2. The number of anilines is 1. The molecule has 0 saturated carbocycles. The monoisotopic (exact) mass is 396 g/mol. The van der Waals surface area contributed by atoms with Gasteiger partial charge in [0, 0.05) is 6.20 Å². The molecule has 0 unspecified atom stereocenters. The molecule has 26 heavy (non-hydrogen) atoms. The van der Waals surface area contributed by atoms with E-state index in [0.717, 1.165) is 0 Å². The molecule has 0 aliphatic rings. The number of para-hydroxylation sites is 1. The van der Waals surface area contributed by atoms with Crippen molar-refractivity contribution < 1.29 is 19.1 Å². The van der Waals surface area contributed by atoms with Crippen LogP contribution in [0, 0.1) is 0 Å². The van der Waals surface area contributed by atoms with Crippen molar-refractivity contribution in [1.82, 2.24) is 4.98 Å². The zero-order valence-electron chi connectivity index (χ0n) is 14.2. The van der Waals surface area contributed by atoms with Crippen LogP contribution in [0.15, 0.2) is 42.6 Å². The maximum absolute atomic E-state index is 12.3. The second-order valence-electron chi connectivity index (χ2n) is 5.38. The number of amides is 1. The van der Waals surface area contributed by atoms with Gasteiger partial charge in [0.05, 0.1) is 10.0 Å². The Morgan fingerprint density at radius 3 is 2.54 bits per heavy atom. The van der Waals surface area contributed by atoms with E-state index in [9.17, 15) is 9.59 Å². The third-order valence-electron chi connectivity index (χ3n) is 3.37. The van der Waals surface area contributed by atoms with Crippen molar-refractivity contribution in [2.75, 3.05) is 5.32 Å². The van der Waals surface area contributed by atoms with Crippen molar-refractivity contribution in [2.24, 2.45) is 0 Å². The number of rotatable bonds is 7. The number of nitrogens with one attached hydrogen (secondary N) is 1. The van der Waals surface area contributed by atoms with E-state index in [4.69, 9.17) is 32.7 Å². The highest BCUT2D eigenvalue weighted by molar-refractivity contribution is 6.36. The summed E-state index contributed by atoms with van der Waals surface area (Å²) in [5.74, 6) is -0.513. The third kappa shape index (κ3) is 5.61. The van der Waals surface area contributed by atoms with Crippen molar-refractivity contribution in [3.05, 3.63) is 52.6 Å². The lowest BCUT2D eigenvalue weighted by Gasteiger charge is -2.19. The predicted octanol–water partition coefficient (Wildman–Crippen LogP) is 4.12. The van der Waals surface area contributed by atoms with Crippen LogP contribution >= 0.6 is 23.2 Å². The normalized spacial score (nSPS) is 12.8. The highest BCUT2D eigenvalue weighted by atomic mass is 35.5. The number of hydrogen-bond acceptors (Lipinski definition) is 5. The van der Waals surface area contributed by atoms with Gasteiger partial charge in [0.1, 0.15) is 5.75 Å². The zero-order valence-corrected chi connectivity index (χ0v) is 15.8. The number of aromatic nitrogens is 1. The molecular formula is C18H18Cl2N2O4. The number of nitrogens with zero attached hydrogens (tertiary/aromatic N) is 1. The molecule has 138 valence electrons. The molecule has 0 aliphatic carbocycles. The van der Waals surface area contributed by atoms with Crippen molar-refractivity contribution in [3.8, 4) is 5.75 Å². The lowest BCUT2D eigenvalue weighted by atomic mass is 10.2. The van der Waals surface area contributed by atoms with Crippen LogP contribution in [0.1, 0.15) is 20.3 Å². The third-order valence-corrected chi connectivity index (χ3v) is 3.86. The molecule has 0 fully saturated rings. The van der Waals surface area contributed by atoms with E-state index < -0.39 is 24.1 Å². The van der Waals surface area contributed by atoms with Gasteiger partial charge in [-0.2, -0.15) is 0 Å². The summed E-state index contributed by atoms with van der Waals surface area (Å²) in [5, 5.41) is 3.02. The molecule has 0 aliphatic heterocycles. The van der Waals surface area contributed by atoms with Gasteiger partial charge in [-0.25, -0.2) is 9.78 Å². The minimum Gasteiger partial charge on any atom is -0.479 e. The molecule has 2 rings (SSSR count). The van der Waals surface area contributed by atoms with Crippen molar-refractivity contribution in [3.63, 3.8) is 0 Å². The number of halogens is 2. The Morgan fingerprint density at radius 1 is 1.23 bits per heavy atom. The molecule has 8 heteroatoms. The van der Waals surface area contributed by atoms with Gasteiger partial charge in [-0.15, -0.1) is 0 Å². The van der Waals surface area contributed by atoms with Gasteiger partial charge in [0.2, 0.25) is 0 Å². The summed E-state index contributed by atoms with van der Waals surface area (Å²) in [6, 6.07) is 10.4. The van der Waals surface area contributed by atoms with Crippen molar-refractivity contribution in [1.29, 1.82) is 0 Å². The number of carbonyl (C=O) groups is 2. The Labute approximate surface area is 161 Å². The van der Waals surface area contributed by atoms with E-state index in [1.807, 2.05) is 6.07 Å². The summed E-state index contributed by atoms with van der Waals surface area (Å²) >= 11 is 11.7. The lowest BCUT2D eigenvalue weighted by molar-refractivity contribution is -0.160. The largest absolute Gasteiger partial charge is 0.479 e. The summed E-state index contributed by atoms with van der Waals surface area (Å²) in [4.78, 5) is 28.4. The quantitative estimate of drug-likeness (QED) is 0.712. The SMILES string of the molecule is CC[C@@H](Oc1ccccc1)C(=O)O[C@@H](C)C(=O)Nc1ncc(Cl)cc1Cl. The molecule has 1 heterocycles. The van der Waals surface area contributed by atoms with Crippen LogP contribution in [-0.4, -0.2) is 29.1 Å². The molecule has 0 bridgehead atoms. The van der Waals surface area contributed by atoms with E-state index in [1.54, 1.807) is 31.2 Å². The average Bonchev–Trinajstić information content (AvgIpc) is 2.62. The van der Waals surface area contributed by atoms with Crippen LogP contribution in [0.5, 0.6) is 5.75 Å². The van der Waals surface area contributed by atoms with Gasteiger partial charge in [-0.3, -0.25) is 4.79 Å². The predicted molar refractivity (Wildman–Crippen MR) is 99.6 cm³/mol. The van der Waals surface area contributed by atoms with Gasteiger partial charge in [-0.05, 0) is 31.5 Å². The number of esters is 1. The second-order valence-corrected chi connectivity index (χ2v) is 6.22. The second kappa shape index (κ2) is 9.40. The number of carbonyl (C=O) groups excluding carboxylic acids is 2. The molecule has 2 atom stereocenters. The zero-order chi connectivity index (χ0) is 19.1. The summed E-state index contributed by atoms with van der Waals surface area (Å²) in [5.41, 5.74) is 0. The Kier molecular flexibility index (Phi) is 7.24. The Balaban J connectivity index is 1.94. The molecule has 1 aromatic heterocycles. The molecule has 1 amide bonds. The average molecular weight is 397 g/mol. The van der Waals surface area contributed by atoms with Gasteiger partial charge >= 0.3 is 5.97 Å². The molecule has 0 saturated heterocycles. The van der Waals surface area contributed by atoms with Gasteiger partial charge in [-0.1, -0.05) is 48.3 Å². The molecular weight excluding hydrogens is 379 g/mol. The van der Waals surface area contributed by atoms with Crippen molar-refractivity contribution >= 4 is 40.9 Å². The van der Waals surface area contributed by atoms with Crippen LogP contribution in [-0.2, 0) is 14.3 Å². The fourth-order valence-electron chi connectivity index (χ4n) is 1.99. The van der Waals surface area contributed by atoms with Crippen LogP contribution in [0.3, 0.4) is 0 Å². The van der Waals surface area contributed by atoms with E-state index >= 15 is 0 Å². The van der Waals surface area contributed by atoms with E-state index in [0.29, 0.717) is 17.2 Å². The highest BCUT2D eigenvalue weighted by Crippen LogP contribution is 2.22. The first kappa shape index (κ1) is 20.0. The molecule has 6 nitrogen and oxygen atoms in total. The Bertz CT molecular complexity index is 771. The maximum Gasteiger partial charge on any atom is 0.348 e. The Morgan fingerprint density at radius 2 is 1.92 bits per heavy atom. The number of hydrogen-bond donors (Lipinski definition) is 1. The fraction of sp³-hybridized carbons (Fsp3) is 0.278. The topological polar surface area (TPSA) is 77.5 Å². The summed E-state index contributed by atoms with van der Waals surface area (Å²) in [6.45, 7) is 3.24. The molecule has 0 spiro atoms. The smallest absolute Gasteiger partial charge is 0.348 e. The Hall–Kier alpha value is -2.31. The first-order valence-corrected chi connectivity index (χ1v) is 8.70. The lowest BCUT2D eigenvalue weighted by Crippen LogP contribution is -2.36. The molecule has 0 radical (unpaired) electrons. The van der Waals surface area contributed by atoms with Crippen LogP contribution in [0.4, 0.5) is 5.82 Å². The summed E-state index contributed by atoms with van der Waals surface area (Å²) in [7, 11) is 0. The van der Waals surface area contributed by atoms with Crippen LogP contribution in [0.25, 0.3) is 0 Å². The molecule has 1 N–H and O–H groups in total. The first-order chi connectivity index (χ1) is 12.4. The minimum atomic E-state index is -1.05. The van der Waals surface area contributed by atoms with Crippen LogP contribution in [0.2, 0.25) is 10.0 Å². The molecule has 1 aromatic carbocycles. The standard InChI is InChI=1S/C18H18Cl2N2O4/c1-3-15(26-13-7-5-4-6-8-13)18(24)25-11(2)17(23)22-16-14(20)9-12(19)10-21-16/h4-11,15H,3H2,1-2H3,(H,21,22,23)/t11-,15+/m0/s1. The van der Waals surface area contributed by atoms with E-state index in [2.05, 4.69) is 10.3 Å². The minimum absolute atomic E-state index is 0.136. The molecule has 2 aromatic rings. The number of benzene rings is 1. The highest BCUT2D eigenvalue weighted by Gasteiger charge is 2.26. The van der Waals surface area contributed by atoms with Gasteiger partial charge in [0.25, 0.3) is 5.91 Å². The van der Waals surface area contributed by atoms with Crippen LogP contribution < -0.4 is 10.1 Å². The fourth-order valence-corrected chi connectivity index (χ4v) is 2.42. The summed E-state index contributed by atoms with van der Waals surface area (Å²) in [6.07, 6.45) is -0.123. The van der Waals surface area contributed by atoms with E-state index in [1.165, 1.54) is 19.2 Å². The summed E-state index contributed by atoms with van der Waals surface area (Å²) < 4.78 is 10.8. The van der Waals surface area contributed by atoms with E-state index in [-0.39, 0.29) is 10.8 Å².